The second-order valence-corrected chi connectivity index (χ2v) is 4.93. The highest BCUT2D eigenvalue weighted by atomic mass is 127. The Hall–Kier alpha value is -0.450. The Bertz CT molecular complexity index is 332. The van der Waals surface area contributed by atoms with Crippen LogP contribution in [0.25, 0.3) is 0 Å². The predicted molar refractivity (Wildman–Crippen MR) is 50.0 cm³/mol. The van der Waals surface area contributed by atoms with Gasteiger partial charge in [-0.05, 0) is 37.1 Å². The fraction of sp³-hybridized carbons (Fsp3) is 0.250. The van der Waals surface area contributed by atoms with Crippen molar-refractivity contribution in [2.75, 3.05) is 0 Å². The second-order valence-electron chi connectivity index (χ2n) is 2.45. The lowest BCUT2D eigenvalue weighted by molar-refractivity contribution is 0.610. The van der Waals surface area contributed by atoms with Crippen LogP contribution in [0.15, 0.2) is 18.2 Å². The molecule has 0 unspecified atom stereocenters. The summed E-state index contributed by atoms with van der Waals surface area (Å²) in [6.45, 7) is 3.88. The van der Waals surface area contributed by atoms with Crippen LogP contribution in [0.1, 0.15) is 11.1 Å². The Morgan fingerprint density at radius 1 is 1.09 bits per heavy atom. The average molecular weight is 264 g/mol. The summed E-state index contributed by atoms with van der Waals surface area (Å²) in [6.07, 6.45) is 0. The summed E-state index contributed by atoms with van der Waals surface area (Å²) in [5, 5.41) is 0. The number of aryl methyl sites for hydroxylation is 2. The van der Waals surface area contributed by atoms with E-state index in [2.05, 4.69) is 0 Å². The fourth-order valence-corrected chi connectivity index (χ4v) is 2.00. The molecular weight excluding hydrogens is 255 g/mol. The number of benzene rings is 1. The van der Waals surface area contributed by atoms with E-state index in [1.165, 1.54) is 0 Å². The van der Waals surface area contributed by atoms with Crippen LogP contribution in [-0.4, -0.2) is 0 Å². The van der Waals surface area contributed by atoms with Gasteiger partial charge in [-0.25, -0.2) is 6.14 Å². The molecule has 0 aromatic heterocycles. The maximum atomic E-state index is 10.6. The van der Waals surface area contributed by atoms with E-state index >= 15 is 0 Å². The fourth-order valence-electron chi connectivity index (χ4n) is 0.801. The van der Waals surface area contributed by atoms with Gasteiger partial charge in [0.2, 0.25) is 0 Å². The third kappa shape index (κ3) is 1.99. The molecule has 0 aliphatic carbocycles. The van der Waals surface area contributed by atoms with Crippen molar-refractivity contribution in [1.29, 1.82) is 0 Å². The van der Waals surface area contributed by atoms with Crippen molar-refractivity contribution >= 4 is 19.8 Å². The van der Waals surface area contributed by atoms with Gasteiger partial charge in [-0.1, -0.05) is 6.07 Å². The molecule has 60 valence electrons. The lowest BCUT2D eigenvalue weighted by Crippen LogP contribution is -1.81. The number of halogens is 1. The lowest BCUT2D eigenvalue weighted by Gasteiger charge is -1.97. The molecule has 3 heteroatoms. The van der Waals surface area contributed by atoms with Crippen molar-refractivity contribution in [3.05, 3.63) is 32.9 Å². The lowest BCUT2D eigenvalue weighted by atomic mass is 10.1. The van der Waals surface area contributed by atoms with Crippen LogP contribution in [0.2, 0.25) is 0 Å². The van der Waals surface area contributed by atoms with E-state index in [0.29, 0.717) is 3.57 Å². The Kier molecular flexibility index (Phi) is 2.59. The third-order valence-electron chi connectivity index (χ3n) is 1.65. The zero-order chi connectivity index (χ0) is 8.43. The summed E-state index contributed by atoms with van der Waals surface area (Å²) in [5.41, 5.74) is 2.17. The van der Waals surface area contributed by atoms with E-state index in [-0.39, 0.29) is 0 Å². The monoisotopic (exact) mass is 264 g/mol. The SMILES string of the molecule is Cc1ccc(I(=O)=O)cc1C. The number of rotatable bonds is 1. The second kappa shape index (κ2) is 3.30. The summed E-state index contributed by atoms with van der Waals surface area (Å²) in [7, 11) is 0. The highest BCUT2D eigenvalue weighted by Gasteiger charge is 1.99. The van der Waals surface area contributed by atoms with Gasteiger partial charge >= 0.3 is 19.8 Å². The van der Waals surface area contributed by atoms with Crippen molar-refractivity contribution in [2.24, 2.45) is 0 Å². The predicted octanol–water partition coefficient (Wildman–Crippen LogP) is 2.67. The minimum Gasteiger partial charge on any atom is -0.230 e. The molecule has 1 rings (SSSR count). The molecule has 0 fully saturated rings. The van der Waals surface area contributed by atoms with E-state index in [0.717, 1.165) is 11.1 Å². The summed E-state index contributed by atoms with van der Waals surface area (Å²) >= 11 is -3.23. The Morgan fingerprint density at radius 3 is 2.18 bits per heavy atom. The highest BCUT2D eigenvalue weighted by Crippen LogP contribution is 2.19. The molecule has 0 N–H and O–H groups in total. The van der Waals surface area contributed by atoms with Gasteiger partial charge in [0, 0.05) is 0 Å². The molecule has 0 atom stereocenters. The van der Waals surface area contributed by atoms with E-state index in [1.807, 2.05) is 19.9 Å². The quantitative estimate of drug-likeness (QED) is 0.731. The van der Waals surface area contributed by atoms with Gasteiger partial charge in [-0.3, -0.25) is 0 Å². The first-order valence-corrected chi connectivity index (χ1v) is 6.08. The van der Waals surface area contributed by atoms with Crippen molar-refractivity contribution in [3.8, 4) is 0 Å². The minimum absolute atomic E-state index is 0.484. The molecule has 0 aliphatic heterocycles. The van der Waals surface area contributed by atoms with Gasteiger partial charge in [0.1, 0.15) is 0 Å². The molecule has 0 saturated heterocycles. The van der Waals surface area contributed by atoms with Crippen LogP contribution < -0.4 is 0 Å². The van der Waals surface area contributed by atoms with Crippen LogP contribution in [0.4, 0.5) is 0 Å². The molecular formula is C8H9IO2. The molecule has 11 heavy (non-hydrogen) atoms. The standard InChI is InChI=1S/C8H9IO2/c1-6-3-4-8(9(10)11)5-7(6)2/h3-5H,1-2H3. The molecule has 0 heterocycles. The van der Waals surface area contributed by atoms with E-state index in [4.69, 9.17) is 0 Å². The van der Waals surface area contributed by atoms with Crippen LogP contribution >= 0.6 is 19.8 Å². The molecule has 0 amide bonds. The molecule has 0 aliphatic rings. The summed E-state index contributed by atoms with van der Waals surface area (Å²) in [4.78, 5) is 0. The van der Waals surface area contributed by atoms with Crippen LogP contribution in [0.5, 0.6) is 0 Å². The molecule has 1 aromatic rings. The zero-order valence-electron chi connectivity index (χ0n) is 6.43. The van der Waals surface area contributed by atoms with Gasteiger partial charge in [0.15, 0.2) is 0 Å². The average Bonchev–Trinajstić information content (AvgIpc) is 1.94. The first-order valence-electron chi connectivity index (χ1n) is 3.24. The topological polar surface area (TPSA) is 34.1 Å². The van der Waals surface area contributed by atoms with E-state index in [1.54, 1.807) is 12.1 Å². The van der Waals surface area contributed by atoms with E-state index < -0.39 is 19.8 Å². The van der Waals surface area contributed by atoms with Crippen molar-refractivity contribution in [3.63, 3.8) is 0 Å². The highest BCUT2D eigenvalue weighted by molar-refractivity contribution is 14.2. The van der Waals surface area contributed by atoms with Gasteiger partial charge in [0.25, 0.3) is 0 Å². The minimum atomic E-state index is -3.23. The van der Waals surface area contributed by atoms with Gasteiger partial charge in [-0.15, -0.1) is 0 Å². The van der Waals surface area contributed by atoms with Crippen LogP contribution in [0, 0.1) is 17.4 Å². The number of hydrogen-bond donors (Lipinski definition) is 0. The Labute approximate surface area is 72.8 Å². The first kappa shape index (κ1) is 8.64. The maximum Gasteiger partial charge on any atom is 0.340 e. The summed E-state index contributed by atoms with van der Waals surface area (Å²) in [5.74, 6) is 0. The molecule has 0 spiro atoms. The van der Waals surface area contributed by atoms with Gasteiger partial charge in [0.05, 0.1) is 3.57 Å². The molecule has 0 radical (unpaired) electrons. The van der Waals surface area contributed by atoms with Crippen LogP contribution in [-0.2, 0) is 6.14 Å². The van der Waals surface area contributed by atoms with Crippen molar-refractivity contribution < 1.29 is 6.14 Å². The largest absolute Gasteiger partial charge is 0.340 e. The third-order valence-corrected chi connectivity index (χ3v) is 3.34. The smallest absolute Gasteiger partial charge is 0.230 e. The first-order chi connectivity index (χ1) is 5.11. The Balaban J connectivity index is 3.26. The maximum absolute atomic E-state index is 10.6. The summed E-state index contributed by atoms with van der Waals surface area (Å²) < 4.78 is 21.7. The normalized spacial score (nSPS) is 10.5. The number of hydrogen-bond acceptors (Lipinski definition) is 2. The zero-order valence-corrected chi connectivity index (χ0v) is 8.58. The molecule has 1 aromatic carbocycles. The van der Waals surface area contributed by atoms with Gasteiger partial charge in [-0.2, -0.15) is 0 Å². The molecule has 0 bridgehead atoms. The van der Waals surface area contributed by atoms with E-state index in [9.17, 15) is 6.14 Å². The summed E-state index contributed by atoms with van der Waals surface area (Å²) in [6, 6.07) is 5.22. The molecule has 0 saturated carbocycles. The van der Waals surface area contributed by atoms with Gasteiger partial charge < -0.3 is 0 Å². The van der Waals surface area contributed by atoms with Crippen molar-refractivity contribution in [1.82, 2.24) is 0 Å². The van der Waals surface area contributed by atoms with Crippen LogP contribution in [0.3, 0.4) is 0 Å². The molecule has 2 nitrogen and oxygen atoms in total. The Morgan fingerprint density at radius 2 is 1.73 bits per heavy atom. The van der Waals surface area contributed by atoms with Crippen molar-refractivity contribution in [2.45, 2.75) is 13.8 Å².